The van der Waals surface area contributed by atoms with E-state index in [1.54, 1.807) is 7.11 Å². The number of nitrogens with zero attached hydrogens (tertiary/aromatic N) is 3. The molecule has 1 aliphatic rings. The normalized spacial score (nSPS) is 16.9. The van der Waals surface area contributed by atoms with Crippen molar-refractivity contribution < 1.29 is 23.9 Å². The summed E-state index contributed by atoms with van der Waals surface area (Å²) in [5.74, 6) is 0.858. The van der Waals surface area contributed by atoms with Crippen LogP contribution in [-0.2, 0) is 22.3 Å². The second-order valence-corrected chi connectivity index (χ2v) is 8.74. The van der Waals surface area contributed by atoms with Gasteiger partial charge in [0.15, 0.2) is 0 Å². The third-order valence-corrected chi connectivity index (χ3v) is 6.32. The topological polar surface area (TPSA) is 126 Å². The highest BCUT2D eigenvalue weighted by atomic mass is 16.6. The number of aryl methyl sites for hydroxylation is 3. The van der Waals surface area contributed by atoms with E-state index in [0.717, 1.165) is 34.0 Å². The molecular formula is C27H30N4O6. The first-order valence-electron chi connectivity index (χ1n) is 12.2. The first-order chi connectivity index (χ1) is 17.8. The molecule has 0 unspecified atom stereocenters. The van der Waals surface area contributed by atoms with E-state index in [1.807, 2.05) is 39.0 Å². The molecule has 1 fully saturated rings. The number of non-ortho nitro benzene ring substituents is 1. The average molecular weight is 507 g/mol. The predicted octanol–water partition coefficient (Wildman–Crippen LogP) is 4.53. The Morgan fingerprint density at radius 1 is 1.11 bits per heavy atom. The van der Waals surface area contributed by atoms with Crippen LogP contribution in [0.25, 0.3) is 11.3 Å². The lowest BCUT2D eigenvalue weighted by Crippen LogP contribution is -2.36. The highest BCUT2D eigenvalue weighted by molar-refractivity contribution is 5.89. The number of rotatable bonds is 9. The Hall–Kier alpha value is -4.05. The van der Waals surface area contributed by atoms with Crippen LogP contribution in [0.3, 0.4) is 0 Å². The molecule has 0 bridgehead atoms. The quantitative estimate of drug-likeness (QED) is 0.253. The lowest BCUT2D eigenvalue weighted by Gasteiger charge is -2.22. The van der Waals surface area contributed by atoms with Gasteiger partial charge in [0.1, 0.15) is 17.7 Å². The van der Waals surface area contributed by atoms with Gasteiger partial charge in [-0.15, -0.1) is 0 Å². The third kappa shape index (κ3) is 5.69. The molecule has 0 aliphatic carbocycles. The van der Waals surface area contributed by atoms with Crippen LogP contribution < -0.4 is 10.1 Å². The number of methoxy groups -OCH3 is 1. The van der Waals surface area contributed by atoms with Gasteiger partial charge in [0.05, 0.1) is 53.9 Å². The molecule has 4 rings (SSSR count). The van der Waals surface area contributed by atoms with E-state index in [-0.39, 0.29) is 23.9 Å². The molecule has 10 nitrogen and oxygen atoms in total. The Balaban J connectivity index is 1.55. The van der Waals surface area contributed by atoms with Crippen molar-refractivity contribution in [2.24, 2.45) is 0 Å². The van der Waals surface area contributed by atoms with Gasteiger partial charge in [-0.2, -0.15) is 0 Å². The molecule has 1 aromatic heterocycles. The fourth-order valence-electron chi connectivity index (χ4n) is 4.24. The molecule has 37 heavy (non-hydrogen) atoms. The molecule has 2 heterocycles. The number of hydrogen-bond acceptors (Lipinski definition) is 9. The van der Waals surface area contributed by atoms with Gasteiger partial charge < -0.3 is 19.5 Å². The van der Waals surface area contributed by atoms with E-state index in [1.165, 1.54) is 24.3 Å². The Morgan fingerprint density at radius 2 is 1.84 bits per heavy atom. The minimum Gasteiger partial charge on any atom is -0.497 e. The Labute approximate surface area is 215 Å². The summed E-state index contributed by atoms with van der Waals surface area (Å²) in [6.45, 7) is 6.65. The van der Waals surface area contributed by atoms with Crippen molar-refractivity contribution >= 4 is 17.5 Å². The number of esters is 1. The van der Waals surface area contributed by atoms with Crippen molar-refractivity contribution in [2.45, 2.75) is 45.8 Å². The smallest absolute Gasteiger partial charge is 0.338 e. The number of nitro benzene ring substituents is 1. The molecule has 0 spiro atoms. The van der Waals surface area contributed by atoms with Gasteiger partial charge in [-0.3, -0.25) is 10.1 Å². The molecule has 2 atom stereocenters. The van der Waals surface area contributed by atoms with Gasteiger partial charge in [-0.25, -0.2) is 14.8 Å². The number of hydrogen-bond donors (Lipinski definition) is 1. The zero-order chi connectivity index (χ0) is 26.5. The fraction of sp³-hybridized carbons (Fsp3) is 0.370. The van der Waals surface area contributed by atoms with Crippen LogP contribution in [0.15, 0.2) is 42.5 Å². The first kappa shape index (κ1) is 26.0. The van der Waals surface area contributed by atoms with Crippen LogP contribution in [0.4, 0.5) is 11.5 Å². The maximum atomic E-state index is 12.7. The van der Waals surface area contributed by atoms with E-state index >= 15 is 0 Å². The average Bonchev–Trinajstić information content (AvgIpc) is 3.34. The predicted molar refractivity (Wildman–Crippen MR) is 138 cm³/mol. The Morgan fingerprint density at radius 3 is 2.46 bits per heavy atom. The number of ether oxygens (including phenoxy) is 3. The standard InChI is InChI=1S/C27H30N4O6/c1-5-21-25(20-12-11-19(35-4)13-16(20)3)28-22(6-2)26(29-21)30-23-14-36-15-24(23)37-27(32)17-7-9-18(10-8-17)31(33)34/h7-13,23-24H,5-6,14-15H2,1-4H3,(H,29,30)/t23-,24+/m0/s1. The highest BCUT2D eigenvalue weighted by Gasteiger charge is 2.33. The fourth-order valence-corrected chi connectivity index (χ4v) is 4.24. The Kier molecular flexibility index (Phi) is 7.98. The molecule has 10 heteroatoms. The lowest BCUT2D eigenvalue weighted by atomic mass is 10.0. The Bertz CT molecular complexity index is 1290. The molecule has 1 saturated heterocycles. The summed E-state index contributed by atoms with van der Waals surface area (Å²) < 4.78 is 16.6. The van der Waals surface area contributed by atoms with Crippen LogP contribution >= 0.6 is 0 Å². The van der Waals surface area contributed by atoms with Crippen molar-refractivity contribution in [3.05, 3.63) is 75.1 Å². The molecule has 194 valence electrons. The number of anilines is 1. The maximum absolute atomic E-state index is 12.7. The van der Waals surface area contributed by atoms with Gasteiger partial charge >= 0.3 is 5.97 Å². The number of carbonyl (C=O) groups excluding carboxylic acids is 1. The molecule has 1 N–H and O–H groups in total. The summed E-state index contributed by atoms with van der Waals surface area (Å²) in [6.07, 6.45) is 0.789. The van der Waals surface area contributed by atoms with Crippen LogP contribution in [0.1, 0.15) is 41.2 Å². The summed E-state index contributed by atoms with van der Waals surface area (Å²) in [4.78, 5) is 32.9. The minimum atomic E-state index is -0.571. The minimum absolute atomic E-state index is 0.0917. The van der Waals surface area contributed by atoms with Crippen LogP contribution in [0.5, 0.6) is 5.75 Å². The molecule has 1 aliphatic heterocycles. The van der Waals surface area contributed by atoms with Gasteiger partial charge in [0.25, 0.3) is 5.69 Å². The summed E-state index contributed by atoms with van der Waals surface area (Å²) in [5, 5.41) is 14.3. The van der Waals surface area contributed by atoms with Gasteiger partial charge in [0, 0.05) is 17.7 Å². The SMILES string of the molecule is CCc1nc(-c2ccc(OC)cc2C)c(CC)nc1N[C@H]1COC[C@H]1OC(=O)c1ccc([N+](=O)[O-])cc1. The summed E-state index contributed by atoms with van der Waals surface area (Å²) in [6, 6.07) is 10.9. The van der Waals surface area contributed by atoms with Crippen molar-refractivity contribution in [1.29, 1.82) is 0 Å². The van der Waals surface area contributed by atoms with Crippen LogP contribution in [0, 0.1) is 17.0 Å². The largest absolute Gasteiger partial charge is 0.497 e. The molecule has 3 aromatic rings. The van der Waals surface area contributed by atoms with Crippen LogP contribution in [0.2, 0.25) is 0 Å². The highest BCUT2D eigenvalue weighted by Crippen LogP contribution is 2.30. The molecule has 0 amide bonds. The zero-order valence-electron chi connectivity index (χ0n) is 21.3. The second kappa shape index (κ2) is 11.3. The number of nitrogens with one attached hydrogen (secondary N) is 1. The third-order valence-electron chi connectivity index (χ3n) is 6.32. The van der Waals surface area contributed by atoms with Crippen molar-refractivity contribution in [2.75, 3.05) is 25.6 Å². The van der Waals surface area contributed by atoms with E-state index < -0.39 is 17.0 Å². The van der Waals surface area contributed by atoms with E-state index in [2.05, 4.69) is 5.32 Å². The zero-order valence-corrected chi connectivity index (χ0v) is 21.3. The van der Waals surface area contributed by atoms with Gasteiger partial charge in [-0.1, -0.05) is 13.8 Å². The molecular weight excluding hydrogens is 476 g/mol. The molecule has 0 radical (unpaired) electrons. The van der Waals surface area contributed by atoms with Gasteiger partial charge in [-0.05, 0) is 55.7 Å². The first-order valence-corrected chi connectivity index (χ1v) is 12.2. The van der Waals surface area contributed by atoms with Crippen molar-refractivity contribution in [3.8, 4) is 17.0 Å². The number of nitro groups is 1. The van der Waals surface area contributed by atoms with E-state index in [9.17, 15) is 14.9 Å². The number of benzene rings is 2. The number of carbonyl (C=O) groups is 1. The number of aromatic nitrogens is 2. The second-order valence-electron chi connectivity index (χ2n) is 8.74. The maximum Gasteiger partial charge on any atom is 0.338 e. The summed E-state index contributed by atoms with van der Waals surface area (Å²) in [5.41, 5.74) is 4.69. The molecule has 0 saturated carbocycles. The van der Waals surface area contributed by atoms with Crippen molar-refractivity contribution in [3.63, 3.8) is 0 Å². The van der Waals surface area contributed by atoms with Crippen molar-refractivity contribution in [1.82, 2.24) is 9.97 Å². The van der Waals surface area contributed by atoms with E-state index in [4.69, 9.17) is 24.2 Å². The van der Waals surface area contributed by atoms with Crippen LogP contribution in [-0.4, -0.2) is 53.3 Å². The summed E-state index contributed by atoms with van der Waals surface area (Å²) in [7, 11) is 1.64. The lowest BCUT2D eigenvalue weighted by molar-refractivity contribution is -0.384. The van der Waals surface area contributed by atoms with E-state index in [0.29, 0.717) is 25.3 Å². The van der Waals surface area contributed by atoms with Gasteiger partial charge in [0.2, 0.25) is 0 Å². The molecule has 2 aromatic carbocycles. The summed E-state index contributed by atoms with van der Waals surface area (Å²) >= 11 is 0. The monoisotopic (exact) mass is 506 g/mol.